The van der Waals surface area contributed by atoms with Crippen molar-refractivity contribution in [3.05, 3.63) is 29.3 Å². The van der Waals surface area contributed by atoms with Crippen LogP contribution >= 0.6 is 0 Å². The molecule has 1 fully saturated rings. The van der Waals surface area contributed by atoms with Gasteiger partial charge in [0, 0.05) is 32.2 Å². The maximum absolute atomic E-state index is 12.9. The number of aromatic carboxylic acids is 1. The Labute approximate surface area is 136 Å². The average molecular weight is 342 g/mol. The molecule has 0 aromatic heterocycles. The maximum atomic E-state index is 12.9. The van der Waals surface area contributed by atoms with Crippen LogP contribution in [0.15, 0.2) is 23.1 Å². The Morgan fingerprint density at radius 2 is 2.04 bits per heavy atom. The van der Waals surface area contributed by atoms with E-state index >= 15 is 0 Å². The monoisotopic (exact) mass is 342 g/mol. The van der Waals surface area contributed by atoms with Crippen LogP contribution in [-0.2, 0) is 10.0 Å². The summed E-state index contributed by atoms with van der Waals surface area (Å²) in [5, 5.41) is 18.0. The molecule has 1 saturated heterocycles. The third-order valence-electron chi connectivity index (χ3n) is 4.08. The van der Waals surface area contributed by atoms with Crippen molar-refractivity contribution in [2.24, 2.45) is 0 Å². The third-order valence-corrected chi connectivity index (χ3v) is 6.25. The predicted octanol–water partition coefficient (Wildman–Crippen LogP) is 0.380. The molecule has 2 N–H and O–H groups in total. The summed E-state index contributed by atoms with van der Waals surface area (Å²) in [7, 11) is -3.67. The van der Waals surface area contributed by atoms with Gasteiger partial charge < -0.3 is 10.2 Å². The fraction of sp³-hybridized carbons (Fsp3) is 0.533. The minimum atomic E-state index is -3.67. The van der Waals surface area contributed by atoms with E-state index in [2.05, 4.69) is 0 Å². The molecule has 0 spiro atoms. The Morgan fingerprint density at radius 3 is 2.57 bits per heavy atom. The number of nitrogens with zero attached hydrogens (tertiary/aromatic N) is 2. The molecular weight excluding hydrogens is 320 g/mol. The van der Waals surface area contributed by atoms with Crippen LogP contribution < -0.4 is 0 Å². The largest absolute Gasteiger partial charge is 0.478 e. The van der Waals surface area contributed by atoms with Gasteiger partial charge in [0.25, 0.3) is 0 Å². The van der Waals surface area contributed by atoms with Crippen LogP contribution in [-0.4, -0.2) is 72.6 Å². The highest BCUT2D eigenvalue weighted by Crippen LogP contribution is 2.24. The normalized spacial score (nSPS) is 20.6. The molecule has 128 valence electrons. The number of β-amino-alcohol motifs (C(OH)–C–C–N with tert-alkyl or cyclic N) is 1. The number of carboxylic acid groups (broad SMARTS) is 1. The second-order valence-electron chi connectivity index (χ2n) is 5.77. The number of hydrogen-bond donors (Lipinski definition) is 2. The van der Waals surface area contributed by atoms with Gasteiger partial charge in [-0.25, -0.2) is 13.2 Å². The highest BCUT2D eigenvalue weighted by molar-refractivity contribution is 7.89. The van der Waals surface area contributed by atoms with Gasteiger partial charge >= 0.3 is 5.97 Å². The fourth-order valence-electron chi connectivity index (χ4n) is 2.92. The van der Waals surface area contributed by atoms with Crippen LogP contribution in [0.4, 0.5) is 0 Å². The minimum Gasteiger partial charge on any atom is -0.478 e. The van der Waals surface area contributed by atoms with Crippen molar-refractivity contribution in [3.8, 4) is 0 Å². The molecule has 0 bridgehead atoms. The second-order valence-corrected chi connectivity index (χ2v) is 7.63. The number of piperazine rings is 1. The van der Waals surface area contributed by atoms with Crippen molar-refractivity contribution in [1.82, 2.24) is 9.21 Å². The lowest BCUT2D eigenvalue weighted by atomic mass is 10.1. The number of aliphatic hydroxyl groups excluding tert-OH is 1. The van der Waals surface area contributed by atoms with Crippen LogP contribution in [0, 0.1) is 6.92 Å². The van der Waals surface area contributed by atoms with E-state index in [4.69, 9.17) is 10.2 Å². The quantitative estimate of drug-likeness (QED) is 0.803. The molecule has 1 unspecified atom stereocenters. The smallest absolute Gasteiger partial charge is 0.335 e. The zero-order chi connectivity index (χ0) is 17.2. The van der Waals surface area contributed by atoms with Gasteiger partial charge in [0.05, 0.1) is 17.1 Å². The van der Waals surface area contributed by atoms with Crippen LogP contribution in [0.3, 0.4) is 0 Å². The van der Waals surface area contributed by atoms with Gasteiger partial charge in [-0.1, -0.05) is 0 Å². The van der Waals surface area contributed by atoms with Gasteiger partial charge in [-0.15, -0.1) is 0 Å². The Hall–Kier alpha value is -1.48. The van der Waals surface area contributed by atoms with Crippen LogP contribution in [0.2, 0.25) is 0 Å². The first kappa shape index (κ1) is 17.9. The summed E-state index contributed by atoms with van der Waals surface area (Å²) in [6.45, 7) is 5.50. The minimum absolute atomic E-state index is 0.0508. The van der Waals surface area contributed by atoms with E-state index in [0.717, 1.165) is 0 Å². The summed E-state index contributed by atoms with van der Waals surface area (Å²) < 4.78 is 27.2. The van der Waals surface area contributed by atoms with Gasteiger partial charge in [-0.2, -0.15) is 4.31 Å². The molecule has 0 radical (unpaired) electrons. The summed E-state index contributed by atoms with van der Waals surface area (Å²) in [5.41, 5.74) is 0.497. The SMILES string of the molecule is Cc1cc(C(=O)O)ccc1S(=O)(=O)N1CCN(CCO)CC1C. The fourth-order valence-corrected chi connectivity index (χ4v) is 4.74. The number of sulfonamides is 1. The molecule has 2 rings (SSSR count). The van der Waals surface area contributed by atoms with E-state index in [-0.39, 0.29) is 23.1 Å². The van der Waals surface area contributed by atoms with Gasteiger partial charge in [0.15, 0.2) is 0 Å². The molecule has 1 heterocycles. The van der Waals surface area contributed by atoms with Gasteiger partial charge in [-0.05, 0) is 37.6 Å². The summed E-state index contributed by atoms with van der Waals surface area (Å²) in [6.07, 6.45) is 0. The molecule has 23 heavy (non-hydrogen) atoms. The lowest BCUT2D eigenvalue weighted by molar-refractivity contribution is 0.0696. The number of aryl methyl sites for hydroxylation is 1. The van der Waals surface area contributed by atoms with E-state index in [1.165, 1.54) is 22.5 Å². The highest BCUT2D eigenvalue weighted by Gasteiger charge is 2.34. The highest BCUT2D eigenvalue weighted by atomic mass is 32.2. The second kappa shape index (κ2) is 6.96. The molecular formula is C15H22N2O5S. The first-order valence-corrected chi connectivity index (χ1v) is 8.90. The van der Waals surface area contributed by atoms with Crippen molar-refractivity contribution < 1.29 is 23.4 Å². The van der Waals surface area contributed by atoms with E-state index in [1.807, 2.05) is 11.8 Å². The Morgan fingerprint density at radius 1 is 1.35 bits per heavy atom. The molecule has 0 amide bonds. The molecule has 1 aliphatic heterocycles. The number of benzene rings is 1. The van der Waals surface area contributed by atoms with Gasteiger partial charge in [0.2, 0.25) is 10.0 Å². The van der Waals surface area contributed by atoms with Gasteiger partial charge in [-0.3, -0.25) is 4.90 Å². The molecule has 1 aromatic carbocycles. The Bertz CT molecular complexity index is 689. The number of aliphatic hydroxyl groups is 1. The van der Waals surface area contributed by atoms with Crippen LogP contribution in [0.5, 0.6) is 0 Å². The van der Waals surface area contributed by atoms with E-state index in [1.54, 1.807) is 6.92 Å². The lowest BCUT2D eigenvalue weighted by Crippen LogP contribution is -2.54. The molecule has 1 aliphatic rings. The topological polar surface area (TPSA) is 98.1 Å². The standard InChI is InChI=1S/C15H22N2O5S/c1-11-9-13(15(19)20)3-4-14(11)23(21,22)17-6-5-16(7-8-18)10-12(17)2/h3-4,9,12,18H,5-8,10H2,1-2H3,(H,19,20). The molecule has 1 aromatic rings. The van der Waals surface area contributed by atoms with E-state index in [9.17, 15) is 13.2 Å². The summed E-state index contributed by atoms with van der Waals surface area (Å²) in [6, 6.07) is 3.84. The summed E-state index contributed by atoms with van der Waals surface area (Å²) >= 11 is 0. The van der Waals surface area contributed by atoms with Crippen molar-refractivity contribution >= 4 is 16.0 Å². The molecule has 0 aliphatic carbocycles. The average Bonchev–Trinajstić information content (AvgIpc) is 2.46. The van der Waals surface area contributed by atoms with Crippen molar-refractivity contribution in [2.45, 2.75) is 24.8 Å². The van der Waals surface area contributed by atoms with Gasteiger partial charge in [0.1, 0.15) is 0 Å². The van der Waals surface area contributed by atoms with Crippen molar-refractivity contribution in [2.75, 3.05) is 32.8 Å². The zero-order valence-electron chi connectivity index (χ0n) is 13.3. The van der Waals surface area contributed by atoms with Crippen LogP contribution in [0.25, 0.3) is 0 Å². The molecule has 7 nitrogen and oxygen atoms in total. The third kappa shape index (κ3) is 3.72. The summed E-state index contributed by atoms with van der Waals surface area (Å²) in [5.74, 6) is -1.08. The predicted molar refractivity (Wildman–Crippen MR) is 85.0 cm³/mol. The first-order valence-electron chi connectivity index (χ1n) is 7.46. The first-order chi connectivity index (χ1) is 10.8. The van der Waals surface area contributed by atoms with Crippen molar-refractivity contribution in [3.63, 3.8) is 0 Å². The van der Waals surface area contributed by atoms with E-state index < -0.39 is 16.0 Å². The maximum Gasteiger partial charge on any atom is 0.335 e. The number of carbonyl (C=O) groups is 1. The molecule has 1 atom stereocenters. The number of hydrogen-bond acceptors (Lipinski definition) is 5. The zero-order valence-corrected chi connectivity index (χ0v) is 14.1. The lowest BCUT2D eigenvalue weighted by Gasteiger charge is -2.38. The van der Waals surface area contributed by atoms with Crippen molar-refractivity contribution in [1.29, 1.82) is 0 Å². The number of carboxylic acids is 1. The molecule has 0 saturated carbocycles. The molecule has 8 heteroatoms. The van der Waals surface area contributed by atoms with Crippen LogP contribution in [0.1, 0.15) is 22.8 Å². The number of rotatable bonds is 5. The summed E-state index contributed by atoms with van der Waals surface area (Å²) in [4.78, 5) is 13.1. The Kier molecular flexibility index (Phi) is 5.41. The Balaban J connectivity index is 2.27. The van der Waals surface area contributed by atoms with E-state index in [0.29, 0.717) is 31.7 Å².